The highest BCUT2D eigenvalue weighted by atomic mass is 16.5. The predicted octanol–water partition coefficient (Wildman–Crippen LogP) is 0.982. The number of likely N-dealkylation sites (N-methyl/N-ethyl adjacent to an activating group) is 1. The third-order valence-corrected chi connectivity index (χ3v) is 4.71. The molecule has 130 valence electrons. The zero-order valence-corrected chi connectivity index (χ0v) is 14.5. The van der Waals surface area contributed by atoms with Crippen molar-refractivity contribution in [1.82, 2.24) is 15.1 Å². The topological polar surface area (TPSA) is 68.6 Å². The SMILES string of the molecule is CN(C)C[C@H]1CN(CC(=O)NC2(C#N)CCCCCC2)CCO1. The van der Waals surface area contributed by atoms with Gasteiger partial charge in [0, 0.05) is 19.6 Å². The lowest BCUT2D eigenvalue weighted by molar-refractivity contribution is -0.126. The molecule has 0 aromatic rings. The molecule has 1 aliphatic heterocycles. The number of ether oxygens (including phenoxy) is 1. The maximum Gasteiger partial charge on any atom is 0.235 e. The van der Waals surface area contributed by atoms with E-state index in [0.717, 1.165) is 58.2 Å². The highest BCUT2D eigenvalue weighted by Crippen LogP contribution is 2.26. The number of hydrogen-bond acceptors (Lipinski definition) is 5. The van der Waals surface area contributed by atoms with Crippen molar-refractivity contribution in [2.75, 3.05) is 46.9 Å². The summed E-state index contributed by atoms with van der Waals surface area (Å²) >= 11 is 0. The van der Waals surface area contributed by atoms with E-state index in [-0.39, 0.29) is 12.0 Å². The van der Waals surface area contributed by atoms with Crippen LogP contribution in [0.4, 0.5) is 0 Å². The van der Waals surface area contributed by atoms with Crippen LogP contribution in [0.3, 0.4) is 0 Å². The van der Waals surface area contributed by atoms with E-state index in [0.29, 0.717) is 13.2 Å². The summed E-state index contributed by atoms with van der Waals surface area (Å²) in [5, 5.41) is 12.6. The van der Waals surface area contributed by atoms with Crippen molar-refractivity contribution in [2.45, 2.75) is 50.2 Å². The first-order valence-corrected chi connectivity index (χ1v) is 8.74. The Morgan fingerprint density at radius 3 is 2.65 bits per heavy atom. The van der Waals surface area contributed by atoms with Crippen LogP contribution in [0.1, 0.15) is 38.5 Å². The summed E-state index contributed by atoms with van der Waals surface area (Å²) in [6.45, 7) is 3.42. The van der Waals surface area contributed by atoms with Crippen molar-refractivity contribution in [3.8, 4) is 6.07 Å². The summed E-state index contributed by atoms with van der Waals surface area (Å²) in [6, 6.07) is 2.38. The first kappa shape index (κ1) is 18.2. The number of morpholine rings is 1. The van der Waals surface area contributed by atoms with E-state index >= 15 is 0 Å². The summed E-state index contributed by atoms with van der Waals surface area (Å²) in [4.78, 5) is 16.7. The molecular formula is C17H30N4O2. The van der Waals surface area contributed by atoms with Crippen molar-refractivity contribution < 1.29 is 9.53 Å². The lowest BCUT2D eigenvalue weighted by Gasteiger charge is -2.34. The normalized spacial score (nSPS) is 25.6. The van der Waals surface area contributed by atoms with Crippen LogP contribution in [0.25, 0.3) is 0 Å². The third kappa shape index (κ3) is 5.76. The van der Waals surface area contributed by atoms with Gasteiger partial charge in [-0.25, -0.2) is 0 Å². The van der Waals surface area contributed by atoms with Gasteiger partial charge in [-0.1, -0.05) is 25.7 Å². The fraction of sp³-hybridized carbons (Fsp3) is 0.882. The average Bonchev–Trinajstić information content (AvgIpc) is 2.73. The van der Waals surface area contributed by atoms with E-state index in [1.54, 1.807) is 0 Å². The van der Waals surface area contributed by atoms with Gasteiger partial charge in [-0.15, -0.1) is 0 Å². The number of carbonyl (C=O) groups excluding carboxylic acids is 1. The standard InChI is InChI=1S/C17H30N4O2/c1-20(2)11-15-12-21(9-10-23-15)13-16(22)19-17(14-18)7-5-3-4-6-8-17/h15H,3-13H2,1-2H3,(H,19,22)/t15-/m0/s1. The summed E-state index contributed by atoms with van der Waals surface area (Å²) in [6.07, 6.45) is 6.08. The van der Waals surface area contributed by atoms with E-state index in [9.17, 15) is 10.1 Å². The van der Waals surface area contributed by atoms with E-state index < -0.39 is 5.54 Å². The van der Waals surface area contributed by atoms with Crippen LogP contribution < -0.4 is 5.32 Å². The first-order chi connectivity index (χ1) is 11.0. The highest BCUT2D eigenvalue weighted by Gasteiger charge is 2.33. The smallest absolute Gasteiger partial charge is 0.235 e. The monoisotopic (exact) mass is 322 g/mol. The number of nitrogens with zero attached hydrogens (tertiary/aromatic N) is 3. The Bertz CT molecular complexity index is 425. The highest BCUT2D eigenvalue weighted by molar-refractivity contribution is 5.79. The van der Waals surface area contributed by atoms with Crippen LogP contribution in [0, 0.1) is 11.3 Å². The third-order valence-electron chi connectivity index (χ3n) is 4.71. The van der Waals surface area contributed by atoms with Gasteiger partial charge < -0.3 is 15.0 Å². The van der Waals surface area contributed by atoms with Gasteiger partial charge in [-0.05, 0) is 26.9 Å². The fourth-order valence-corrected chi connectivity index (χ4v) is 3.55. The molecule has 2 aliphatic rings. The molecule has 6 heteroatoms. The molecule has 1 N–H and O–H groups in total. The van der Waals surface area contributed by atoms with Crippen molar-refractivity contribution in [3.05, 3.63) is 0 Å². The minimum atomic E-state index is -0.650. The second-order valence-corrected chi connectivity index (χ2v) is 7.15. The first-order valence-electron chi connectivity index (χ1n) is 8.74. The van der Waals surface area contributed by atoms with Crippen molar-refractivity contribution in [1.29, 1.82) is 5.26 Å². The molecule has 1 atom stereocenters. The lowest BCUT2D eigenvalue weighted by Crippen LogP contribution is -2.53. The number of rotatable bonds is 5. The van der Waals surface area contributed by atoms with Gasteiger partial charge in [0.2, 0.25) is 5.91 Å². The molecule has 23 heavy (non-hydrogen) atoms. The molecule has 2 rings (SSSR count). The van der Waals surface area contributed by atoms with Crippen LogP contribution >= 0.6 is 0 Å². The summed E-state index contributed by atoms with van der Waals surface area (Å²) in [5.74, 6) is -0.0287. The maximum atomic E-state index is 12.4. The van der Waals surface area contributed by atoms with E-state index in [1.807, 2.05) is 14.1 Å². The van der Waals surface area contributed by atoms with Gasteiger partial charge in [-0.2, -0.15) is 5.26 Å². The maximum absolute atomic E-state index is 12.4. The van der Waals surface area contributed by atoms with Gasteiger partial charge in [-0.3, -0.25) is 9.69 Å². The van der Waals surface area contributed by atoms with Gasteiger partial charge in [0.1, 0.15) is 5.54 Å². The Hall–Kier alpha value is -1.16. The number of carbonyl (C=O) groups is 1. The predicted molar refractivity (Wildman–Crippen MR) is 88.9 cm³/mol. The molecule has 1 saturated carbocycles. The summed E-state index contributed by atoms with van der Waals surface area (Å²) in [5.41, 5.74) is -0.650. The molecule has 0 aromatic heterocycles. The van der Waals surface area contributed by atoms with Crippen molar-refractivity contribution in [3.63, 3.8) is 0 Å². The van der Waals surface area contributed by atoms with Crippen molar-refractivity contribution >= 4 is 5.91 Å². The van der Waals surface area contributed by atoms with Gasteiger partial charge in [0.25, 0.3) is 0 Å². The van der Waals surface area contributed by atoms with Gasteiger partial charge in [0.05, 0.1) is 25.3 Å². The zero-order chi connectivity index (χ0) is 16.7. The number of nitrogens with one attached hydrogen (secondary N) is 1. The average molecular weight is 322 g/mol. The molecule has 0 aromatic carbocycles. The molecule has 0 spiro atoms. The molecule has 0 bridgehead atoms. The summed E-state index contributed by atoms with van der Waals surface area (Å²) in [7, 11) is 4.05. The minimum Gasteiger partial charge on any atom is -0.374 e. The largest absolute Gasteiger partial charge is 0.374 e. The second-order valence-electron chi connectivity index (χ2n) is 7.15. The lowest BCUT2D eigenvalue weighted by atomic mass is 9.92. The molecule has 0 unspecified atom stereocenters. The number of amides is 1. The Balaban J connectivity index is 1.84. The Labute approximate surface area is 139 Å². The van der Waals surface area contributed by atoms with Crippen LogP contribution in [0.5, 0.6) is 0 Å². The zero-order valence-electron chi connectivity index (χ0n) is 14.5. The molecule has 1 aliphatic carbocycles. The van der Waals surface area contributed by atoms with E-state index in [1.165, 1.54) is 0 Å². The summed E-state index contributed by atoms with van der Waals surface area (Å²) < 4.78 is 5.74. The van der Waals surface area contributed by atoms with E-state index in [2.05, 4.69) is 21.2 Å². The molecule has 2 fully saturated rings. The fourth-order valence-electron chi connectivity index (χ4n) is 3.55. The van der Waals surface area contributed by atoms with Crippen LogP contribution in [-0.2, 0) is 9.53 Å². The van der Waals surface area contributed by atoms with E-state index in [4.69, 9.17) is 4.74 Å². The number of nitriles is 1. The molecule has 1 amide bonds. The van der Waals surface area contributed by atoms with Crippen molar-refractivity contribution in [2.24, 2.45) is 0 Å². The molecule has 1 heterocycles. The molecule has 1 saturated heterocycles. The van der Waals surface area contributed by atoms with Crippen LogP contribution in [0.15, 0.2) is 0 Å². The van der Waals surface area contributed by atoms with Gasteiger partial charge >= 0.3 is 0 Å². The molecular weight excluding hydrogens is 292 g/mol. The quantitative estimate of drug-likeness (QED) is 0.764. The Morgan fingerprint density at radius 1 is 1.35 bits per heavy atom. The van der Waals surface area contributed by atoms with Crippen LogP contribution in [-0.4, -0.2) is 74.2 Å². The number of hydrogen-bond donors (Lipinski definition) is 1. The van der Waals surface area contributed by atoms with Gasteiger partial charge in [0.15, 0.2) is 0 Å². The second kappa shape index (κ2) is 8.62. The Morgan fingerprint density at radius 2 is 2.04 bits per heavy atom. The minimum absolute atomic E-state index is 0.0287. The van der Waals surface area contributed by atoms with Crippen LogP contribution in [0.2, 0.25) is 0 Å². The molecule has 0 radical (unpaired) electrons. The Kier molecular flexibility index (Phi) is 6.82. The molecule has 6 nitrogen and oxygen atoms in total.